The van der Waals surface area contributed by atoms with Crippen LogP contribution in [0.5, 0.6) is 0 Å². The van der Waals surface area contributed by atoms with Crippen molar-refractivity contribution in [2.24, 2.45) is 0 Å². The Labute approximate surface area is 168 Å². The van der Waals surface area contributed by atoms with E-state index in [-0.39, 0.29) is 11.6 Å². The molecule has 4 rings (SSSR count). The molecule has 0 spiro atoms. The molecule has 3 aromatic rings. The van der Waals surface area contributed by atoms with E-state index in [1.54, 1.807) is 24.3 Å². The lowest BCUT2D eigenvalue weighted by molar-refractivity contribution is 0.102. The van der Waals surface area contributed by atoms with Crippen LogP contribution in [0.25, 0.3) is 0 Å². The number of para-hydroxylation sites is 1. The van der Waals surface area contributed by atoms with Crippen molar-refractivity contribution in [3.8, 4) is 0 Å². The fourth-order valence-corrected chi connectivity index (χ4v) is 3.32. The largest absolute Gasteiger partial charge is 0.372 e. The third kappa shape index (κ3) is 4.23. The highest BCUT2D eigenvalue weighted by Crippen LogP contribution is 2.24. The zero-order chi connectivity index (χ0) is 19.3. The first-order valence-electron chi connectivity index (χ1n) is 9.19. The molecular formula is C21H20ClN5O. The van der Waals surface area contributed by atoms with Gasteiger partial charge in [0.05, 0.1) is 23.1 Å². The van der Waals surface area contributed by atoms with Gasteiger partial charge in [0.25, 0.3) is 5.91 Å². The number of carbonyl (C=O) groups excluding carboxylic acids is 1. The lowest BCUT2D eigenvalue weighted by atomic mass is 10.2. The molecule has 1 aliphatic rings. The van der Waals surface area contributed by atoms with Crippen molar-refractivity contribution >= 4 is 40.4 Å². The lowest BCUT2D eigenvalue weighted by Crippen LogP contribution is -2.17. The molecule has 142 valence electrons. The van der Waals surface area contributed by atoms with E-state index in [0.717, 1.165) is 18.8 Å². The van der Waals surface area contributed by atoms with E-state index in [9.17, 15) is 4.79 Å². The number of halogens is 1. The Morgan fingerprint density at radius 2 is 1.71 bits per heavy atom. The first kappa shape index (κ1) is 18.3. The molecule has 7 heteroatoms. The minimum absolute atomic E-state index is 0.217. The summed E-state index contributed by atoms with van der Waals surface area (Å²) in [6.07, 6.45) is 5.49. The van der Waals surface area contributed by atoms with E-state index < -0.39 is 0 Å². The third-order valence-corrected chi connectivity index (χ3v) is 4.95. The number of nitrogens with one attached hydrogen (secondary N) is 2. The molecule has 28 heavy (non-hydrogen) atoms. The maximum Gasteiger partial charge on any atom is 0.275 e. The molecule has 6 nitrogen and oxygen atoms in total. The summed E-state index contributed by atoms with van der Waals surface area (Å²) >= 11 is 6.06. The highest BCUT2D eigenvalue weighted by Gasteiger charge is 2.12. The van der Waals surface area contributed by atoms with Crippen LogP contribution in [-0.2, 0) is 0 Å². The van der Waals surface area contributed by atoms with Crippen molar-refractivity contribution in [1.29, 1.82) is 0 Å². The average Bonchev–Trinajstić information content (AvgIpc) is 3.26. The van der Waals surface area contributed by atoms with Gasteiger partial charge < -0.3 is 15.5 Å². The Bertz CT molecular complexity index is 953. The van der Waals surface area contributed by atoms with E-state index >= 15 is 0 Å². The number of benzene rings is 2. The monoisotopic (exact) mass is 393 g/mol. The molecule has 1 saturated heterocycles. The highest BCUT2D eigenvalue weighted by atomic mass is 35.5. The quantitative estimate of drug-likeness (QED) is 0.656. The van der Waals surface area contributed by atoms with Crippen LogP contribution in [0.3, 0.4) is 0 Å². The number of nitrogens with zero attached hydrogens (tertiary/aromatic N) is 3. The van der Waals surface area contributed by atoms with Gasteiger partial charge in [-0.05, 0) is 49.2 Å². The molecule has 0 saturated carbocycles. The molecule has 0 bridgehead atoms. The molecule has 1 fully saturated rings. The second-order valence-corrected chi connectivity index (χ2v) is 6.99. The minimum Gasteiger partial charge on any atom is -0.372 e. The van der Waals surface area contributed by atoms with Crippen LogP contribution >= 0.6 is 11.6 Å². The number of hydrogen-bond donors (Lipinski definition) is 2. The van der Waals surface area contributed by atoms with Crippen molar-refractivity contribution in [3.63, 3.8) is 0 Å². The second-order valence-electron chi connectivity index (χ2n) is 6.59. The van der Waals surface area contributed by atoms with Crippen LogP contribution < -0.4 is 15.5 Å². The minimum atomic E-state index is -0.359. The normalized spacial score (nSPS) is 13.4. The summed E-state index contributed by atoms with van der Waals surface area (Å²) in [5.74, 6) is 0.213. The van der Waals surface area contributed by atoms with Crippen LogP contribution in [0.15, 0.2) is 60.9 Å². The van der Waals surface area contributed by atoms with Gasteiger partial charge >= 0.3 is 0 Å². The number of hydrogen-bond acceptors (Lipinski definition) is 5. The van der Waals surface area contributed by atoms with E-state index in [1.807, 2.05) is 12.1 Å². The van der Waals surface area contributed by atoms with Crippen molar-refractivity contribution in [1.82, 2.24) is 9.97 Å². The van der Waals surface area contributed by atoms with E-state index in [1.165, 1.54) is 30.9 Å². The van der Waals surface area contributed by atoms with Crippen LogP contribution in [0.4, 0.5) is 22.9 Å². The Morgan fingerprint density at radius 1 is 0.964 bits per heavy atom. The van der Waals surface area contributed by atoms with Crippen molar-refractivity contribution in [2.75, 3.05) is 28.6 Å². The summed E-state index contributed by atoms with van der Waals surface area (Å²) in [4.78, 5) is 23.2. The fraction of sp³-hybridized carbons (Fsp3) is 0.190. The smallest absolute Gasteiger partial charge is 0.275 e. The van der Waals surface area contributed by atoms with Crippen LogP contribution in [0, 0.1) is 0 Å². The molecule has 1 aliphatic heterocycles. The Balaban J connectivity index is 1.39. The summed E-state index contributed by atoms with van der Waals surface area (Å²) in [6, 6.07) is 15.3. The van der Waals surface area contributed by atoms with Gasteiger partial charge in [-0.25, -0.2) is 9.97 Å². The summed E-state index contributed by atoms with van der Waals surface area (Å²) in [5.41, 5.74) is 2.91. The van der Waals surface area contributed by atoms with Gasteiger partial charge in [-0.2, -0.15) is 0 Å². The Hall–Kier alpha value is -3.12. The zero-order valence-corrected chi connectivity index (χ0v) is 16.0. The maximum absolute atomic E-state index is 12.3. The molecule has 0 radical (unpaired) electrons. The topological polar surface area (TPSA) is 70.2 Å². The maximum atomic E-state index is 12.3. The van der Waals surface area contributed by atoms with Gasteiger partial charge in [0.15, 0.2) is 0 Å². The number of rotatable bonds is 5. The SMILES string of the molecule is O=C(Nc1ccccc1Cl)c1cnc(Nc2ccc(N3CCCC3)cc2)cn1. The van der Waals surface area contributed by atoms with E-state index in [2.05, 4.69) is 37.6 Å². The molecule has 2 aromatic carbocycles. The van der Waals surface area contributed by atoms with E-state index in [4.69, 9.17) is 11.6 Å². The molecule has 0 aliphatic carbocycles. The summed E-state index contributed by atoms with van der Waals surface area (Å²) in [6.45, 7) is 2.24. The highest BCUT2D eigenvalue weighted by molar-refractivity contribution is 6.33. The number of amides is 1. The van der Waals surface area contributed by atoms with Crippen molar-refractivity contribution < 1.29 is 4.79 Å². The molecule has 1 amide bonds. The van der Waals surface area contributed by atoms with Gasteiger partial charge in [0.2, 0.25) is 0 Å². The zero-order valence-electron chi connectivity index (χ0n) is 15.2. The molecule has 2 N–H and O–H groups in total. The first-order chi connectivity index (χ1) is 13.7. The van der Waals surface area contributed by atoms with E-state index in [0.29, 0.717) is 16.5 Å². The molecule has 0 unspecified atom stereocenters. The predicted octanol–water partition coefficient (Wildman–Crippen LogP) is 4.73. The lowest BCUT2D eigenvalue weighted by Gasteiger charge is -2.17. The molecule has 1 aromatic heterocycles. The van der Waals surface area contributed by atoms with Crippen molar-refractivity contribution in [3.05, 3.63) is 71.6 Å². The van der Waals surface area contributed by atoms with Gasteiger partial charge in [-0.3, -0.25) is 4.79 Å². The summed E-state index contributed by atoms with van der Waals surface area (Å²) in [7, 11) is 0. The van der Waals surface area contributed by atoms with Gasteiger partial charge in [0.1, 0.15) is 11.5 Å². The number of aromatic nitrogens is 2. The standard InChI is InChI=1S/C21H20ClN5O/c22-17-5-1-2-6-18(17)26-21(28)19-13-24-20(14-23-19)25-15-7-9-16(10-8-15)27-11-3-4-12-27/h1-2,5-10,13-14H,3-4,11-12H2,(H,24,25)(H,26,28). The average molecular weight is 394 g/mol. The predicted molar refractivity (Wildman–Crippen MR) is 113 cm³/mol. The van der Waals surface area contributed by atoms with Gasteiger partial charge in [0, 0.05) is 24.5 Å². The molecule has 2 heterocycles. The van der Waals surface area contributed by atoms with Crippen LogP contribution in [0.2, 0.25) is 5.02 Å². The van der Waals surface area contributed by atoms with Gasteiger partial charge in [-0.1, -0.05) is 23.7 Å². The second kappa shape index (κ2) is 8.27. The number of anilines is 4. The van der Waals surface area contributed by atoms with Crippen molar-refractivity contribution in [2.45, 2.75) is 12.8 Å². The number of carbonyl (C=O) groups is 1. The first-order valence-corrected chi connectivity index (χ1v) is 9.57. The summed E-state index contributed by atoms with van der Waals surface area (Å²) < 4.78 is 0. The Kier molecular flexibility index (Phi) is 5.39. The molecule has 0 atom stereocenters. The summed E-state index contributed by atoms with van der Waals surface area (Å²) in [5, 5.41) is 6.40. The van der Waals surface area contributed by atoms with Crippen LogP contribution in [0.1, 0.15) is 23.3 Å². The Morgan fingerprint density at radius 3 is 2.39 bits per heavy atom. The molecular weight excluding hydrogens is 374 g/mol. The van der Waals surface area contributed by atoms with Crippen LogP contribution in [-0.4, -0.2) is 29.0 Å². The third-order valence-electron chi connectivity index (χ3n) is 4.62. The fourth-order valence-electron chi connectivity index (χ4n) is 3.14. The van der Waals surface area contributed by atoms with Gasteiger partial charge in [-0.15, -0.1) is 0 Å².